The van der Waals surface area contributed by atoms with Crippen LogP contribution in [0.25, 0.3) is 0 Å². The van der Waals surface area contributed by atoms with Crippen molar-refractivity contribution in [1.82, 2.24) is 10.6 Å². The summed E-state index contributed by atoms with van der Waals surface area (Å²) in [7, 11) is 0. The van der Waals surface area contributed by atoms with Gasteiger partial charge in [-0.05, 0) is 37.1 Å². The molecule has 18 heavy (non-hydrogen) atoms. The third-order valence-corrected chi connectivity index (χ3v) is 3.07. The van der Waals surface area contributed by atoms with E-state index in [1.165, 1.54) is 6.07 Å². The number of amides is 1. The maximum absolute atomic E-state index is 12.9. The van der Waals surface area contributed by atoms with Gasteiger partial charge in [0.15, 0.2) is 11.6 Å². The molecular formula is C13H16F2N2O. The van der Waals surface area contributed by atoms with Crippen LogP contribution in [0.4, 0.5) is 8.78 Å². The molecule has 3 nitrogen and oxygen atoms in total. The monoisotopic (exact) mass is 254 g/mol. The van der Waals surface area contributed by atoms with E-state index in [1.807, 2.05) is 0 Å². The van der Waals surface area contributed by atoms with Crippen molar-refractivity contribution < 1.29 is 13.6 Å². The van der Waals surface area contributed by atoms with Gasteiger partial charge in [0.1, 0.15) is 0 Å². The lowest BCUT2D eigenvalue weighted by Crippen LogP contribution is -2.31. The van der Waals surface area contributed by atoms with Crippen LogP contribution in [0.1, 0.15) is 24.8 Å². The van der Waals surface area contributed by atoms with Crippen LogP contribution in [-0.2, 0) is 11.3 Å². The molecule has 0 aliphatic carbocycles. The zero-order chi connectivity index (χ0) is 13.0. The molecule has 1 heterocycles. The topological polar surface area (TPSA) is 41.1 Å². The van der Waals surface area contributed by atoms with E-state index < -0.39 is 11.6 Å². The summed E-state index contributed by atoms with van der Waals surface area (Å²) in [5, 5.41) is 5.94. The lowest BCUT2D eigenvalue weighted by molar-refractivity contribution is -0.121. The van der Waals surface area contributed by atoms with E-state index in [0.29, 0.717) is 12.0 Å². The van der Waals surface area contributed by atoms with Gasteiger partial charge in [0.25, 0.3) is 0 Å². The molecule has 2 rings (SSSR count). The second-order valence-corrected chi connectivity index (χ2v) is 4.52. The van der Waals surface area contributed by atoms with Gasteiger partial charge in [-0.15, -0.1) is 0 Å². The Labute approximate surface area is 105 Å². The van der Waals surface area contributed by atoms with Gasteiger partial charge in [-0.3, -0.25) is 4.79 Å². The summed E-state index contributed by atoms with van der Waals surface area (Å²) < 4.78 is 25.6. The van der Waals surface area contributed by atoms with Crippen molar-refractivity contribution in [1.29, 1.82) is 0 Å². The Balaban J connectivity index is 1.79. The van der Waals surface area contributed by atoms with E-state index in [2.05, 4.69) is 10.6 Å². The lowest BCUT2D eigenvalue weighted by atomic mass is 10.1. The summed E-state index contributed by atoms with van der Waals surface area (Å²) >= 11 is 0. The molecule has 98 valence electrons. The first-order valence-corrected chi connectivity index (χ1v) is 6.09. The minimum Gasteiger partial charge on any atom is -0.352 e. The van der Waals surface area contributed by atoms with Crippen molar-refractivity contribution in [3.63, 3.8) is 0 Å². The van der Waals surface area contributed by atoms with Crippen molar-refractivity contribution in [2.45, 2.75) is 31.8 Å². The second kappa shape index (κ2) is 5.91. The highest BCUT2D eigenvalue weighted by Gasteiger charge is 2.17. The third kappa shape index (κ3) is 3.50. The Morgan fingerprint density at radius 2 is 2.22 bits per heavy atom. The molecule has 1 aromatic rings. The first-order chi connectivity index (χ1) is 8.65. The molecule has 1 atom stereocenters. The standard InChI is InChI=1S/C13H16F2N2O/c14-11-4-3-9(6-12(11)15)8-17-13(18)7-10-2-1-5-16-10/h3-4,6,10,16H,1-2,5,7-8H2,(H,17,18). The van der Waals surface area contributed by atoms with Crippen LogP contribution in [0.5, 0.6) is 0 Å². The van der Waals surface area contributed by atoms with Crippen LogP contribution in [0, 0.1) is 11.6 Å². The summed E-state index contributed by atoms with van der Waals surface area (Å²) in [6, 6.07) is 3.88. The molecule has 1 amide bonds. The first-order valence-electron chi connectivity index (χ1n) is 6.09. The van der Waals surface area contributed by atoms with Crippen molar-refractivity contribution >= 4 is 5.91 Å². The average Bonchev–Trinajstić information content (AvgIpc) is 2.83. The van der Waals surface area contributed by atoms with Crippen LogP contribution in [0.3, 0.4) is 0 Å². The van der Waals surface area contributed by atoms with Crippen LogP contribution in [-0.4, -0.2) is 18.5 Å². The molecule has 1 unspecified atom stereocenters. The molecule has 0 saturated carbocycles. The molecule has 1 saturated heterocycles. The Morgan fingerprint density at radius 3 is 2.89 bits per heavy atom. The third-order valence-electron chi connectivity index (χ3n) is 3.07. The highest BCUT2D eigenvalue weighted by atomic mass is 19.2. The van der Waals surface area contributed by atoms with Crippen molar-refractivity contribution in [2.75, 3.05) is 6.54 Å². The number of hydrogen-bond donors (Lipinski definition) is 2. The summed E-state index contributed by atoms with van der Waals surface area (Å²) in [5.41, 5.74) is 0.557. The largest absolute Gasteiger partial charge is 0.352 e. The molecule has 1 aliphatic heterocycles. The highest BCUT2D eigenvalue weighted by Crippen LogP contribution is 2.10. The van der Waals surface area contributed by atoms with Crippen molar-refractivity contribution in [2.24, 2.45) is 0 Å². The summed E-state index contributed by atoms with van der Waals surface area (Å²) in [6.07, 6.45) is 2.55. The smallest absolute Gasteiger partial charge is 0.221 e. The second-order valence-electron chi connectivity index (χ2n) is 4.52. The number of rotatable bonds is 4. The van der Waals surface area contributed by atoms with E-state index >= 15 is 0 Å². The van der Waals surface area contributed by atoms with Gasteiger partial charge in [-0.25, -0.2) is 8.78 Å². The average molecular weight is 254 g/mol. The maximum atomic E-state index is 12.9. The molecule has 1 aliphatic rings. The molecule has 0 bridgehead atoms. The van der Waals surface area contributed by atoms with Gasteiger partial charge in [0.05, 0.1) is 0 Å². The van der Waals surface area contributed by atoms with Gasteiger partial charge in [0, 0.05) is 19.0 Å². The van der Waals surface area contributed by atoms with Crippen LogP contribution in [0.2, 0.25) is 0 Å². The molecule has 1 aromatic carbocycles. The van der Waals surface area contributed by atoms with E-state index in [9.17, 15) is 13.6 Å². The molecule has 1 fully saturated rings. The van der Waals surface area contributed by atoms with Crippen molar-refractivity contribution in [3.8, 4) is 0 Å². The number of benzene rings is 1. The minimum absolute atomic E-state index is 0.0702. The maximum Gasteiger partial charge on any atom is 0.221 e. The van der Waals surface area contributed by atoms with Crippen LogP contribution < -0.4 is 10.6 Å². The predicted molar refractivity (Wildman–Crippen MR) is 63.8 cm³/mol. The summed E-state index contributed by atoms with van der Waals surface area (Å²) in [6.45, 7) is 1.18. The van der Waals surface area contributed by atoms with Gasteiger partial charge in [-0.1, -0.05) is 6.07 Å². The number of nitrogens with one attached hydrogen (secondary N) is 2. The van der Waals surface area contributed by atoms with Gasteiger partial charge in [-0.2, -0.15) is 0 Å². The Morgan fingerprint density at radius 1 is 1.39 bits per heavy atom. The van der Waals surface area contributed by atoms with Crippen molar-refractivity contribution in [3.05, 3.63) is 35.4 Å². The van der Waals surface area contributed by atoms with E-state index in [-0.39, 0.29) is 18.5 Å². The Hall–Kier alpha value is -1.49. The Bertz CT molecular complexity index is 431. The molecule has 0 radical (unpaired) electrons. The Kier molecular flexibility index (Phi) is 4.25. The normalized spacial score (nSPS) is 18.9. The fourth-order valence-electron chi connectivity index (χ4n) is 2.08. The number of carbonyl (C=O) groups is 1. The fourth-order valence-corrected chi connectivity index (χ4v) is 2.08. The van der Waals surface area contributed by atoms with Gasteiger partial charge >= 0.3 is 0 Å². The number of halogens is 2. The lowest BCUT2D eigenvalue weighted by Gasteiger charge is -2.10. The highest BCUT2D eigenvalue weighted by molar-refractivity contribution is 5.76. The number of hydrogen-bond acceptors (Lipinski definition) is 2. The molecule has 0 aromatic heterocycles. The zero-order valence-electron chi connectivity index (χ0n) is 10.0. The molecule has 2 N–H and O–H groups in total. The quantitative estimate of drug-likeness (QED) is 0.859. The zero-order valence-corrected chi connectivity index (χ0v) is 10.0. The fraction of sp³-hybridized carbons (Fsp3) is 0.462. The molecular weight excluding hydrogens is 238 g/mol. The van der Waals surface area contributed by atoms with Gasteiger partial charge < -0.3 is 10.6 Å². The van der Waals surface area contributed by atoms with E-state index in [4.69, 9.17) is 0 Å². The SMILES string of the molecule is O=C(CC1CCCN1)NCc1ccc(F)c(F)c1. The van der Waals surface area contributed by atoms with Gasteiger partial charge in [0.2, 0.25) is 5.91 Å². The first kappa shape index (κ1) is 13.0. The molecule has 5 heteroatoms. The van der Waals surface area contributed by atoms with Crippen LogP contribution in [0.15, 0.2) is 18.2 Å². The number of carbonyl (C=O) groups excluding carboxylic acids is 1. The van der Waals surface area contributed by atoms with E-state index in [1.54, 1.807) is 0 Å². The van der Waals surface area contributed by atoms with E-state index in [0.717, 1.165) is 31.5 Å². The predicted octanol–water partition coefficient (Wildman–Crippen LogP) is 1.72. The summed E-state index contributed by atoms with van der Waals surface area (Å²) in [4.78, 5) is 11.6. The molecule has 0 spiro atoms. The minimum atomic E-state index is -0.890. The summed E-state index contributed by atoms with van der Waals surface area (Å²) in [5.74, 6) is -1.83. The van der Waals surface area contributed by atoms with Crippen LogP contribution >= 0.6 is 0 Å².